The number of rotatable bonds is 4. The first-order chi connectivity index (χ1) is 7.59. The molecule has 1 fully saturated rings. The van der Waals surface area contributed by atoms with Gasteiger partial charge in [0.15, 0.2) is 0 Å². The predicted octanol–water partition coefficient (Wildman–Crippen LogP) is 2.94. The summed E-state index contributed by atoms with van der Waals surface area (Å²) in [5, 5.41) is 13.7. The molecule has 16 heavy (non-hydrogen) atoms. The minimum Gasteiger partial charge on any atom is -0.377 e. The lowest BCUT2D eigenvalue weighted by Crippen LogP contribution is -2.18. The fourth-order valence-corrected chi connectivity index (χ4v) is 1.78. The van der Waals surface area contributed by atoms with Crippen LogP contribution in [0.4, 0.5) is 15.8 Å². The predicted molar refractivity (Wildman–Crippen MR) is 58.9 cm³/mol. The van der Waals surface area contributed by atoms with Crippen LogP contribution < -0.4 is 5.32 Å². The summed E-state index contributed by atoms with van der Waals surface area (Å²) in [6.45, 7) is 1.96. The number of nitrogens with one attached hydrogen (secondary N) is 1. The number of nitro groups is 1. The van der Waals surface area contributed by atoms with Crippen LogP contribution in [-0.4, -0.2) is 11.0 Å². The van der Waals surface area contributed by atoms with Crippen LogP contribution in [0.5, 0.6) is 0 Å². The minimum atomic E-state index is -0.794. The van der Waals surface area contributed by atoms with Gasteiger partial charge in [-0.15, -0.1) is 0 Å². The summed E-state index contributed by atoms with van der Waals surface area (Å²) < 4.78 is 13.3. The van der Waals surface area contributed by atoms with Crippen molar-refractivity contribution in [1.82, 2.24) is 0 Å². The van der Waals surface area contributed by atoms with E-state index in [2.05, 4.69) is 5.32 Å². The monoisotopic (exact) mass is 224 g/mol. The molecular formula is C11H13FN2O2. The third-order valence-electron chi connectivity index (χ3n) is 2.88. The van der Waals surface area contributed by atoms with E-state index in [9.17, 15) is 14.5 Å². The molecule has 0 aromatic heterocycles. The molecule has 86 valence electrons. The Balaban J connectivity index is 2.24. The average molecular weight is 224 g/mol. The molecule has 1 aromatic carbocycles. The van der Waals surface area contributed by atoms with Gasteiger partial charge in [-0.2, -0.15) is 4.39 Å². The molecule has 4 nitrogen and oxygen atoms in total. The van der Waals surface area contributed by atoms with Gasteiger partial charge >= 0.3 is 5.69 Å². The van der Waals surface area contributed by atoms with E-state index in [0.29, 0.717) is 5.92 Å². The summed E-state index contributed by atoms with van der Waals surface area (Å²) >= 11 is 0. The molecule has 0 spiro atoms. The van der Waals surface area contributed by atoms with Gasteiger partial charge in [-0.1, -0.05) is 6.07 Å². The number of benzene rings is 1. The molecule has 0 saturated heterocycles. The third-order valence-corrected chi connectivity index (χ3v) is 2.88. The van der Waals surface area contributed by atoms with Crippen molar-refractivity contribution in [2.24, 2.45) is 5.92 Å². The van der Waals surface area contributed by atoms with Crippen molar-refractivity contribution in [2.75, 3.05) is 5.32 Å². The summed E-state index contributed by atoms with van der Waals surface area (Å²) in [6, 6.07) is 4.27. The van der Waals surface area contributed by atoms with Crippen molar-refractivity contribution in [3.63, 3.8) is 0 Å². The largest absolute Gasteiger partial charge is 0.377 e. The van der Waals surface area contributed by atoms with Crippen molar-refractivity contribution < 1.29 is 9.31 Å². The Morgan fingerprint density at radius 3 is 2.81 bits per heavy atom. The quantitative estimate of drug-likeness (QED) is 0.632. The van der Waals surface area contributed by atoms with Gasteiger partial charge < -0.3 is 5.32 Å². The summed E-state index contributed by atoms with van der Waals surface area (Å²) in [7, 11) is 0. The Morgan fingerprint density at radius 1 is 1.56 bits per heavy atom. The average Bonchev–Trinajstić information content (AvgIpc) is 2.99. The second-order valence-corrected chi connectivity index (χ2v) is 4.16. The zero-order valence-corrected chi connectivity index (χ0v) is 8.94. The molecule has 2 rings (SSSR count). The Hall–Kier alpha value is -1.65. The van der Waals surface area contributed by atoms with Gasteiger partial charge in [0, 0.05) is 6.04 Å². The molecule has 0 radical (unpaired) electrons. The van der Waals surface area contributed by atoms with E-state index < -0.39 is 16.4 Å². The third kappa shape index (κ3) is 2.13. The van der Waals surface area contributed by atoms with Gasteiger partial charge in [-0.05, 0) is 37.8 Å². The highest BCUT2D eigenvalue weighted by Gasteiger charge is 2.30. The van der Waals surface area contributed by atoms with Crippen LogP contribution in [0.25, 0.3) is 0 Å². The lowest BCUT2D eigenvalue weighted by molar-refractivity contribution is -0.386. The highest BCUT2D eigenvalue weighted by molar-refractivity contribution is 5.62. The van der Waals surface area contributed by atoms with Crippen molar-refractivity contribution in [1.29, 1.82) is 0 Å². The van der Waals surface area contributed by atoms with Crippen molar-refractivity contribution in [2.45, 2.75) is 25.8 Å². The highest BCUT2D eigenvalue weighted by atomic mass is 19.1. The Bertz CT molecular complexity index is 418. The number of para-hydroxylation sites is 1. The van der Waals surface area contributed by atoms with Gasteiger partial charge in [-0.3, -0.25) is 10.1 Å². The fraction of sp³-hybridized carbons (Fsp3) is 0.455. The molecule has 5 heteroatoms. The smallest absolute Gasteiger partial charge is 0.327 e. The van der Waals surface area contributed by atoms with E-state index in [1.165, 1.54) is 6.07 Å². The molecule has 1 aromatic rings. The van der Waals surface area contributed by atoms with Crippen LogP contribution in [0, 0.1) is 21.8 Å². The van der Waals surface area contributed by atoms with Crippen LogP contribution in [0.3, 0.4) is 0 Å². The first-order valence-electron chi connectivity index (χ1n) is 5.29. The van der Waals surface area contributed by atoms with Crippen molar-refractivity contribution >= 4 is 11.4 Å². The van der Waals surface area contributed by atoms with Gasteiger partial charge in [0.25, 0.3) is 0 Å². The van der Waals surface area contributed by atoms with E-state index in [1.54, 1.807) is 6.07 Å². The van der Waals surface area contributed by atoms with Gasteiger partial charge in [0.2, 0.25) is 5.82 Å². The lowest BCUT2D eigenvalue weighted by Gasteiger charge is -2.14. The van der Waals surface area contributed by atoms with Crippen LogP contribution in [0.15, 0.2) is 18.2 Å². The standard InChI is InChI=1S/C11H13FN2O2/c1-7(8-5-6-8)13-10-4-2-3-9(12)11(10)14(15)16/h2-4,7-8,13H,5-6H2,1H3. The maximum Gasteiger partial charge on any atom is 0.327 e. The summed E-state index contributed by atoms with van der Waals surface area (Å²) in [4.78, 5) is 10.1. The van der Waals surface area contributed by atoms with Crippen molar-refractivity contribution in [3.8, 4) is 0 Å². The second kappa shape index (κ2) is 4.08. The topological polar surface area (TPSA) is 55.2 Å². The molecule has 0 heterocycles. The van der Waals surface area contributed by atoms with E-state index in [-0.39, 0.29) is 11.7 Å². The van der Waals surface area contributed by atoms with Crippen molar-refractivity contribution in [3.05, 3.63) is 34.1 Å². The molecule has 0 bridgehead atoms. The maximum atomic E-state index is 13.3. The van der Waals surface area contributed by atoms with Crippen LogP contribution in [0.1, 0.15) is 19.8 Å². The van der Waals surface area contributed by atoms with E-state index in [1.807, 2.05) is 6.92 Å². The Kier molecular flexibility index (Phi) is 2.77. The van der Waals surface area contributed by atoms with Gasteiger partial charge in [0.1, 0.15) is 5.69 Å². The Morgan fingerprint density at radius 2 is 2.25 bits per heavy atom. The second-order valence-electron chi connectivity index (χ2n) is 4.16. The number of nitrogens with zero attached hydrogens (tertiary/aromatic N) is 1. The molecule has 1 aliphatic rings. The summed E-state index contributed by atoms with van der Waals surface area (Å²) in [5.41, 5.74) is -0.195. The van der Waals surface area contributed by atoms with Crippen LogP contribution in [-0.2, 0) is 0 Å². The Labute approximate surface area is 92.6 Å². The van der Waals surface area contributed by atoms with E-state index in [4.69, 9.17) is 0 Å². The molecular weight excluding hydrogens is 211 g/mol. The summed E-state index contributed by atoms with van der Waals surface area (Å²) in [6.07, 6.45) is 2.27. The van der Waals surface area contributed by atoms with Gasteiger partial charge in [0.05, 0.1) is 4.92 Å². The number of nitro benzene ring substituents is 1. The minimum absolute atomic E-state index is 0.153. The number of halogens is 1. The van der Waals surface area contributed by atoms with Gasteiger partial charge in [-0.25, -0.2) is 0 Å². The lowest BCUT2D eigenvalue weighted by atomic mass is 10.2. The molecule has 1 N–H and O–H groups in total. The van der Waals surface area contributed by atoms with Crippen LogP contribution >= 0.6 is 0 Å². The first kappa shape index (κ1) is 10.9. The molecule has 1 atom stereocenters. The zero-order chi connectivity index (χ0) is 11.7. The maximum absolute atomic E-state index is 13.3. The van der Waals surface area contributed by atoms with E-state index >= 15 is 0 Å². The number of hydrogen-bond donors (Lipinski definition) is 1. The number of hydrogen-bond acceptors (Lipinski definition) is 3. The SMILES string of the molecule is CC(Nc1cccc(F)c1[N+](=O)[O-])C1CC1. The zero-order valence-electron chi connectivity index (χ0n) is 8.94. The molecule has 1 saturated carbocycles. The van der Waals surface area contributed by atoms with Crippen LogP contribution in [0.2, 0.25) is 0 Å². The molecule has 1 unspecified atom stereocenters. The normalized spacial score (nSPS) is 16.9. The molecule has 0 aliphatic heterocycles. The summed E-state index contributed by atoms with van der Waals surface area (Å²) in [5.74, 6) is -0.235. The number of anilines is 1. The van der Waals surface area contributed by atoms with E-state index in [0.717, 1.165) is 18.9 Å². The molecule has 1 aliphatic carbocycles. The first-order valence-corrected chi connectivity index (χ1v) is 5.29. The molecule has 0 amide bonds. The fourth-order valence-electron chi connectivity index (χ4n) is 1.78. The highest BCUT2D eigenvalue weighted by Crippen LogP contribution is 2.36.